The number of methoxy groups -OCH3 is 1. The number of hydrogen-bond acceptors (Lipinski definition) is 7. The van der Waals surface area contributed by atoms with Gasteiger partial charge in [-0.2, -0.15) is 4.98 Å². The molecule has 8 heteroatoms. The van der Waals surface area contributed by atoms with Gasteiger partial charge >= 0.3 is 0 Å². The van der Waals surface area contributed by atoms with E-state index in [4.69, 9.17) is 18.7 Å². The summed E-state index contributed by atoms with van der Waals surface area (Å²) in [6.07, 6.45) is 0.915. The van der Waals surface area contributed by atoms with Crippen molar-refractivity contribution in [2.24, 2.45) is 0 Å². The van der Waals surface area contributed by atoms with Crippen LogP contribution in [0.5, 0.6) is 17.2 Å². The fourth-order valence-electron chi connectivity index (χ4n) is 2.96. The molecule has 0 aliphatic rings. The third-order valence-electron chi connectivity index (χ3n) is 4.50. The lowest BCUT2D eigenvalue weighted by Gasteiger charge is -2.12. The predicted octanol–water partition coefficient (Wildman–Crippen LogP) is 3.79. The highest BCUT2D eigenvalue weighted by Crippen LogP contribution is 2.29. The lowest BCUT2D eigenvalue weighted by Crippen LogP contribution is -2.23. The number of amides is 1. The van der Waals surface area contributed by atoms with E-state index < -0.39 is 0 Å². The summed E-state index contributed by atoms with van der Waals surface area (Å²) in [6.45, 7) is 5.14. The van der Waals surface area contributed by atoms with Gasteiger partial charge in [0.25, 0.3) is 0 Å². The lowest BCUT2D eigenvalue weighted by molar-refractivity contribution is -0.121. The average molecular weight is 425 g/mol. The zero-order valence-corrected chi connectivity index (χ0v) is 18.0. The lowest BCUT2D eigenvalue weighted by atomic mass is 10.1. The normalized spacial score (nSPS) is 10.5. The van der Waals surface area contributed by atoms with Crippen molar-refractivity contribution >= 4 is 5.91 Å². The Morgan fingerprint density at radius 3 is 2.48 bits per heavy atom. The summed E-state index contributed by atoms with van der Waals surface area (Å²) in [4.78, 5) is 16.6. The summed E-state index contributed by atoms with van der Waals surface area (Å²) in [5.74, 6) is 2.86. The maximum absolute atomic E-state index is 12.2. The monoisotopic (exact) mass is 425 g/mol. The molecule has 3 rings (SSSR count). The van der Waals surface area contributed by atoms with Crippen LogP contribution in [0.1, 0.15) is 31.7 Å². The number of carbonyl (C=O) groups excluding carboxylic acids is 1. The quantitative estimate of drug-likeness (QED) is 0.499. The van der Waals surface area contributed by atoms with Crippen LogP contribution in [0.25, 0.3) is 11.4 Å². The van der Waals surface area contributed by atoms with E-state index in [2.05, 4.69) is 15.5 Å². The fourth-order valence-corrected chi connectivity index (χ4v) is 2.96. The molecule has 0 radical (unpaired) electrons. The standard InChI is InChI=1S/C23H27N3O5/c1-4-29-19-12-6-16(14-20(19)30-5-2)7-13-21(27)24-15-22-25-23(26-31-22)17-8-10-18(28-3)11-9-17/h6,8-12,14H,4-5,7,13,15H2,1-3H3,(H,24,27). The highest BCUT2D eigenvalue weighted by Gasteiger charge is 2.11. The molecule has 1 amide bonds. The van der Waals surface area contributed by atoms with Gasteiger partial charge in [0, 0.05) is 12.0 Å². The predicted molar refractivity (Wildman–Crippen MR) is 115 cm³/mol. The molecule has 1 aromatic heterocycles. The molecule has 0 aliphatic carbocycles. The van der Waals surface area contributed by atoms with E-state index in [0.717, 1.165) is 16.9 Å². The molecule has 0 bridgehead atoms. The molecule has 1 heterocycles. The van der Waals surface area contributed by atoms with Crippen molar-refractivity contribution in [3.63, 3.8) is 0 Å². The fraction of sp³-hybridized carbons (Fsp3) is 0.348. The Kier molecular flexibility index (Phi) is 7.86. The summed E-state index contributed by atoms with van der Waals surface area (Å²) < 4.78 is 21.6. The molecule has 2 aromatic carbocycles. The second-order valence-electron chi connectivity index (χ2n) is 6.66. The van der Waals surface area contributed by atoms with E-state index in [1.54, 1.807) is 7.11 Å². The van der Waals surface area contributed by atoms with E-state index in [1.807, 2.05) is 56.3 Å². The minimum atomic E-state index is -0.101. The SMILES string of the molecule is CCOc1ccc(CCC(=O)NCc2nc(-c3ccc(OC)cc3)no2)cc1OCC. The van der Waals surface area contributed by atoms with E-state index >= 15 is 0 Å². The molecule has 1 N–H and O–H groups in total. The van der Waals surface area contributed by atoms with Crippen molar-refractivity contribution in [2.45, 2.75) is 33.2 Å². The number of ether oxygens (including phenoxy) is 3. The highest BCUT2D eigenvalue weighted by molar-refractivity contribution is 5.76. The van der Waals surface area contributed by atoms with Gasteiger partial charge in [0.15, 0.2) is 11.5 Å². The van der Waals surface area contributed by atoms with Crippen LogP contribution in [-0.4, -0.2) is 36.4 Å². The van der Waals surface area contributed by atoms with Gasteiger partial charge in [-0.25, -0.2) is 0 Å². The molecule has 0 fully saturated rings. The van der Waals surface area contributed by atoms with Crippen LogP contribution in [0, 0.1) is 0 Å². The second-order valence-corrected chi connectivity index (χ2v) is 6.66. The molecule has 0 unspecified atom stereocenters. The van der Waals surface area contributed by atoms with Crippen LogP contribution >= 0.6 is 0 Å². The number of hydrogen-bond donors (Lipinski definition) is 1. The summed E-state index contributed by atoms with van der Waals surface area (Å²) in [6, 6.07) is 13.1. The summed E-state index contributed by atoms with van der Waals surface area (Å²) in [5.41, 5.74) is 1.81. The molecular formula is C23H27N3O5. The maximum atomic E-state index is 12.2. The van der Waals surface area contributed by atoms with Crippen molar-refractivity contribution < 1.29 is 23.5 Å². The number of nitrogens with zero attached hydrogens (tertiary/aromatic N) is 2. The van der Waals surface area contributed by atoms with Gasteiger partial charge < -0.3 is 24.1 Å². The van der Waals surface area contributed by atoms with Crippen LogP contribution in [-0.2, 0) is 17.8 Å². The molecule has 8 nitrogen and oxygen atoms in total. The van der Waals surface area contributed by atoms with Gasteiger partial charge in [-0.05, 0) is 62.2 Å². The van der Waals surface area contributed by atoms with Crippen molar-refractivity contribution in [3.05, 3.63) is 53.9 Å². The molecular weight excluding hydrogens is 398 g/mol. The maximum Gasteiger partial charge on any atom is 0.246 e. The van der Waals surface area contributed by atoms with E-state index in [9.17, 15) is 4.79 Å². The minimum Gasteiger partial charge on any atom is -0.497 e. The van der Waals surface area contributed by atoms with Crippen molar-refractivity contribution in [1.82, 2.24) is 15.5 Å². The number of carbonyl (C=O) groups is 1. The van der Waals surface area contributed by atoms with Crippen molar-refractivity contribution in [3.8, 4) is 28.6 Å². The van der Waals surface area contributed by atoms with E-state index in [1.165, 1.54) is 0 Å². The first kappa shape index (κ1) is 22.1. The number of benzene rings is 2. The Labute approximate surface area is 181 Å². The number of aromatic nitrogens is 2. The number of nitrogens with one attached hydrogen (secondary N) is 1. The number of rotatable bonds is 11. The van der Waals surface area contributed by atoms with Gasteiger partial charge in [0.2, 0.25) is 17.6 Å². The third kappa shape index (κ3) is 6.21. The summed E-state index contributed by atoms with van der Waals surface area (Å²) >= 11 is 0. The number of aryl methyl sites for hydroxylation is 1. The molecule has 0 saturated heterocycles. The molecule has 31 heavy (non-hydrogen) atoms. The first-order chi connectivity index (χ1) is 15.1. The third-order valence-corrected chi connectivity index (χ3v) is 4.50. The Bertz CT molecular complexity index is 985. The van der Waals surface area contributed by atoms with Crippen LogP contribution in [0.2, 0.25) is 0 Å². The molecule has 164 valence electrons. The van der Waals surface area contributed by atoms with Gasteiger partial charge in [-0.3, -0.25) is 4.79 Å². The Hall–Kier alpha value is -3.55. The first-order valence-corrected chi connectivity index (χ1v) is 10.2. The Morgan fingerprint density at radius 2 is 1.77 bits per heavy atom. The molecule has 3 aromatic rings. The summed E-state index contributed by atoms with van der Waals surface area (Å²) in [5, 5.41) is 6.77. The zero-order chi connectivity index (χ0) is 22.1. The van der Waals surface area contributed by atoms with Crippen LogP contribution in [0.3, 0.4) is 0 Å². The largest absolute Gasteiger partial charge is 0.497 e. The van der Waals surface area contributed by atoms with Crippen LogP contribution in [0.4, 0.5) is 0 Å². The van der Waals surface area contributed by atoms with Gasteiger partial charge in [-0.1, -0.05) is 11.2 Å². The topological polar surface area (TPSA) is 95.7 Å². The smallest absolute Gasteiger partial charge is 0.246 e. The molecule has 0 saturated carbocycles. The Balaban J connectivity index is 1.50. The van der Waals surface area contributed by atoms with Crippen molar-refractivity contribution in [1.29, 1.82) is 0 Å². The molecule has 0 atom stereocenters. The van der Waals surface area contributed by atoms with Gasteiger partial charge in [-0.15, -0.1) is 0 Å². The second kappa shape index (κ2) is 11.0. The first-order valence-electron chi connectivity index (χ1n) is 10.2. The molecule has 0 spiro atoms. The van der Waals surface area contributed by atoms with Gasteiger partial charge in [0.05, 0.1) is 26.9 Å². The van der Waals surface area contributed by atoms with Crippen molar-refractivity contribution in [2.75, 3.05) is 20.3 Å². The Morgan fingerprint density at radius 1 is 1.03 bits per heavy atom. The van der Waals surface area contributed by atoms with E-state index in [-0.39, 0.29) is 12.5 Å². The average Bonchev–Trinajstić information content (AvgIpc) is 3.27. The highest BCUT2D eigenvalue weighted by atomic mass is 16.5. The zero-order valence-electron chi connectivity index (χ0n) is 18.0. The summed E-state index contributed by atoms with van der Waals surface area (Å²) in [7, 11) is 1.61. The minimum absolute atomic E-state index is 0.101. The molecule has 0 aliphatic heterocycles. The van der Waals surface area contributed by atoms with Crippen LogP contribution in [0.15, 0.2) is 47.0 Å². The van der Waals surface area contributed by atoms with E-state index in [0.29, 0.717) is 49.3 Å². The van der Waals surface area contributed by atoms with Gasteiger partial charge in [0.1, 0.15) is 5.75 Å². The van der Waals surface area contributed by atoms with Crippen LogP contribution < -0.4 is 19.5 Å².